The Bertz CT molecular complexity index is 1080. The van der Waals surface area contributed by atoms with Gasteiger partial charge in [0.25, 0.3) is 0 Å². The molecule has 4 rings (SSSR count). The predicted molar refractivity (Wildman–Crippen MR) is 115 cm³/mol. The van der Waals surface area contributed by atoms with Crippen LogP contribution < -0.4 is 0 Å². The third-order valence-corrected chi connectivity index (χ3v) is 6.49. The fourth-order valence-electron chi connectivity index (χ4n) is 4.24. The Morgan fingerprint density at radius 2 is 1.81 bits per heavy atom. The maximum atomic E-state index is 15.6. The van der Waals surface area contributed by atoms with Crippen LogP contribution in [-0.4, -0.2) is 21.6 Å². The predicted octanol–water partition coefficient (Wildman–Crippen LogP) is 5.90. The average molecular weight is 529 g/mol. The zero-order valence-corrected chi connectivity index (χ0v) is 18.6. The molecule has 0 bridgehead atoms. The molecule has 2 aliphatic heterocycles. The van der Waals surface area contributed by atoms with Crippen molar-refractivity contribution in [3.05, 3.63) is 72.2 Å². The Hall–Kier alpha value is -1.22. The van der Waals surface area contributed by atoms with Gasteiger partial charge in [-0.1, -0.05) is 15.9 Å². The van der Waals surface area contributed by atoms with Crippen LogP contribution in [0, 0.1) is 17.4 Å². The number of hydrogen-bond donors (Lipinski definition) is 0. The van der Waals surface area contributed by atoms with Gasteiger partial charge in [-0.05, 0) is 78.9 Å². The first-order valence-electron chi connectivity index (χ1n) is 8.37. The fraction of sp³-hybridized carbons (Fsp3) is 0.211. The van der Waals surface area contributed by atoms with Gasteiger partial charge in [0, 0.05) is 37.9 Å². The highest BCUT2D eigenvalue weighted by Gasteiger charge is 2.55. The fourth-order valence-corrected chi connectivity index (χ4v) is 5.18. The highest BCUT2D eigenvalue weighted by atomic mass is 127. The molecule has 2 aromatic rings. The van der Waals surface area contributed by atoms with E-state index in [2.05, 4.69) is 44.6 Å². The van der Waals surface area contributed by atoms with Crippen molar-refractivity contribution in [1.82, 2.24) is 4.48 Å². The van der Waals surface area contributed by atoms with E-state index >= 15 is 8.63 Å². The summed E-state index contributed by atoms with van der Waals surface area (Å²) in [5.74, 6) is 0. The van der Waals surface area contributed by atoms with Crippen molar-refractivity contribution in [2.24, 2.45) is 0 Å². The molecule has 0 spiro atoms. The number of nitrogens with zero attached hydrogens (tertiary/aromatic N) is 2. The van der Waals surface area contributed by atoms with Crippen molar-refractivity contribution < 1.29 is 13.1 Å². The first-order valence-corrected chi connectivity index (χ1v) is 10.2. The summed E-state index contributed by atoms with van der Waals surface area (Å²) < 4.78 is 35.6. The van der Waals surface area contributed by atoms with Crippen molar-refractivity contribution in [1.29, 1.82) is 0 Å². The summed E-state index contributed by atoms with van der Waals surface area (Å²) in [7, 11) is 0. The molecular formula is C19H17BBrF2IN2. The molecule has 0 fully saturated rings. The molecule has 0 aliphatic carbocycles. The van der Waals surface area contributed by atoms with Gasteiger partial charge in [0.05, 0.1) is 5.57 Å². The summed E-state index contributed by atoms with van der Waals surface area (Å²) in [6, 6.07) is 7.88. The monoisotopic (exact) mass is 528 g/mol. The second-order valence-corrected chi connectivity index (χ2v) is 9.06. The quantitative estimate of drug-likeness (QED) is 0.322. The largest absolute Gasteiger partial charge is 0.737 e. The molecule has 0 unspecified atom stereocenters. The van der Waals surface area contributed by atoms with Crippen molar-refractivity contribution in [3.8, 4) is 0 Å². The van der Waals surface area contributed by atoms with Crippen LogP contribution in [0.1, 0.15) is 36.4 Å². The Kier molecular flexibility index (Phi) is 4.11. The highest BCUT2D eigenvalue weighted by Crippen LogP contribution is 2.45. The molecule has 2 aliphatic rings. The standard InChI is InChI=1S/C19H17BBrF2IN2/c1-10-7-12(3)25-18(10)17(15-9-14(24)5-6-16(15)21)19-11(2)8-13(4)26(19)20(25,22)23/h5-9H,1-4H3. The summed E-state index contributed by atoms with van der Waals surface area (Å²) in [6.07, 6.45) is 1.85. The van der Waals surface area contributed by atoms with Crippen LogP contribution in [0.4, 0.5) is 8.63 Å². The van der Waals surface area contributed by atoms with Crippen LogP contribution in [0.5, 0.6) is 0 Å². The zero-order valence-electron chi connectivity index (χ0n) is 14.9. The summed E-state index contributed by atoms with van der Waals surface area (Å²) in [6.45, 7) is 3.40. The molecule has 134 valence electrons. The first-order chi connectivity index (χ1) is 12.1. The van der Waals surface area contributed by atoms with Crippen LogP contribution in [-0.2, 0) is 0 Å². The number of aryl methyl sites for hydroxylation is 2. The Morgan fingerprint density at radius 1 is 1.12 bits per heavy atom. The second-order valence-electron chi connectivity index (χ2n) is 6.96. The van der Waals surface area contributed by atoms with Gasteiger partial charge in [-0.2, -0.15) is 0 Å². The van der Waals surface area contributed by atoms with E-state index in [1.165, 1.54) is 8.96 Å². The minimum absolute atomic E-state index is 0.582. The molecule has 1 aromatic heterocycles. The second kappa shape index (κ2) is 5.89. The van der Waals surface area contributed by atoms with Crippen LogP contribution in [0.3, 0.4) is 0 Å². The topological polar surface area (TPSA) is 7.94 Å². The molecule has 0 N–H and O–H groups in total. The van der Waals surface area contributed by atoms with Crippen LogP contribution in [0.25, 0.3) is 5.57 Å². The summed E-state index contributed by atoms with van der Waals surface area (Å²) >= 11 is 5.90. The molecule has 2 nitrogen and oxygen atoms in total. The molecule has 0 radical (unpaired) electrons. The average Bonchev–Trinajstić information content (AvgIpc) is 3.00. The Morgan fingerprint density at radius 3 is 2.50 bits per heavy atom. The van der Waals surface area contributed by atoms with Gasteiger partial charge < -0.3 is 17.6 Å². The van der Waals surface area contributed by atoms with E-state index in [0.717, 1.165) is 30.3 Å². The van der Waals surface area contributed by atoms with Gasteiger partial charge in [-0.25, -0.2) is 0 Å². The van der Waals surface area contributed by atoms with Gasteiger partial charge in [0.2, 0.25) is 0 Å². The smallest absolute Gasteiger partial charge is 0.393 e. The molecule has 3 heterocycles. The van der Waals surface area contributed by atoms with Gasteiger partial charge in [-0.15, -0.1) is 0 Å². The van der Waals surface area contributed by atoms with Crippen molar-refractivity contribution in [2.75, 3.05) is 0 Å². The number of aromatic nitrogens is 1. The number of rotatable bonds is 1. The number of fused-ring (bicyclic) bond motifs is 2. The van der Waals surface area contributed by atoms with Crippen molar-refractivity contribution in [3.63, 3.8) is 0 Å². The lowest BCUT2D eigenvalue weighted by molar-refractivity contribution is -0.363. The van der Waals surface area contributed by atoms with E-state index in [9.17, 15) is 0 Å². The third kappa shape index (κ3) is 2.35. The number of allylic oxidation sites excluding steroid dienone is 2. The van der Waals surface area contributed by atoms with E-state index in [-0.39, 0.29) is 0 Å². The van der Waals surface area contributed by atoms with Crippen molar-refractivity contribution >= 4 is 56.8 Å². The summed E-state index contributed by atoms with van der Waals surface area (Å²) in [5.41, 5.74) is 5.93. The van der Waals surface area contributed by atoms with Gasteiger partial charge in [0.1, 0.15) is 5.71 Å². The number of benzene rings is 1. The highest BCUT2D eigenvalue weighted by molar-refractivity contribution is 14.1. The lowest BCUT2D eigenvalue weighted by atomic mass is 9.84. The minimum atomic E-state index is -3.93. The molecule has 0 saturated heterocycles. The summed E-state index contributed by atoms with van der Waals surface area (Å²) in [4.78, 5) is 0. The summed E-state index contributed by atoms with van der Waals surface area (Å²) in [5, 5.41) is 0. The lowest BCUT2D eigenvalue weighted by Crippen LogP contribution is -2.51. The zero-order chi connectivity index (χ0) is 19.0. The van der Waals surface area contributed by atoms with E-state index in [4.69, 9.17) is 0 Å². The maximum absolute atomic E-state index is 15.6. The number of halogens is 4. The van der Waals surface area contributed by atoms with E-state index in [1.54, 1.807) is 13.8 Å². The maximum Gasteiger partial charge on any atom is 0.737 e. The van der Waals surface area contributed by atoms with Crippen LogP contribution in [0.15, 0.2) is 46.1 Å². The van der Waals surface area contributed by atoms with Gasteiger partial charge >= 0.3 is 6.97 Å². The Balaban J connectivity index is 2.22. The van der Waals surface area contributed by atoms with E-state index in [1.807, 2.05) is 38.1 Å². The number of hydrogen-bond acceptors (Lipinski definition) is 0. The molecule has 1 aromatic carbocycles. The molecule has 0 atom stereocenters. The van der Waals surface area contributed by atoms with Crippen LogP contribution in [0.2, 0.25) is 0 Å². The molecule has 26 heavy (non-hydrogen) atoms. The Labute approximate surface area is 173 Å². The van der Waals surface area contributed by atoms with Gasteiger partial charge in [0.15, 0.2) is 5.70 Å². The molecule has 7 heteroatoms. The molecule has 0 saturated carbocycles. The normalized spacial score (nSPS) is 18.2. The van der Waals surface area contributed by atoms with Crippen LogP contribution >= 0.6 is 38.5 Å². The lowest BCUT2D eigenvalue weighted by Gasteiger charge is -2.34. The minimum Gasteiger partial charge on any atom is -0.393 e. The molecular weight excluding hydrogens is 512 g/mol. The third-order valence-electron chi connectivity index (χ3n) is 5.13. The van der Waals surface area contributed by atoms with E-state index in [0.29, 0.717) is 22.8 Å². The van der Waals surface area contributed by atoms with Gasteiger partial charge in [-0.3, -0.25) is 0 Å². The molecule has 0 amide bonds. The van der Waals surface area contributed by atoms with Crippen molar-refractivity contribution in [2.45, 2.75) is 27.7 Å². The first kappa shape index (κ1) is 18.2. The van der Waals surface area contributed by atoms with E-state index < -0.39 is 6.97 Å². The SMILES string of the molecule is CC1=CC(C)=[N+]2C1=C(c1cc(I)ccc1Br)c1c(C)cc(C)n1[B-]2(F)F.